The maximum absolute atomic E-state index is 13.0. The SMILES string of the molecule is Cc1ccc(NC(=O)c2sc(-c3ccc(F)cc3)nc2C)cc1Cl. The lowest BCUT2D eigenvalue weighted by Crippen LogP contribution is -2.11. The van der Waals surface area contributed by atoms with Crippen LogP contribution in [0.4, 0.5) is 10.1 Å². The van der Waals surface area contributed by atoms with E-state index in [1.807, 2.05) is 13.0 Å². The van der Waals surface area contributed by atoms with E-state index in [4.69, 9.17) is 11.6 Å². The van der Waals surface area contributed by atoms with E-state index in [0.29, 0.717) is 26.3 Å². The minimum Gasteiger partial charge on any atom is -0.321 e. The van der Waals surface area contributed by atoms with Crippen molar-refractivity contribution in [1.29, 1.82) is 0 Å². The van der Waals surface area contributed by atoms with Gasteiger partial charge in [0.05, 0.1) is 5.69 Å². The van der Waals surface area contributed by atoms with Crippen LogP contribution in [0.2, 0.25) is 5.02 Å². The third kappa shape index (κ3) is 3.47. The van der Waals surface area contributed by atoms with Gasteiger partial charge in [0.2, 0.25) is 0 Å². The number of anilines is 1. The van der Waals surface area contributed by atoms with Crippen LogP contribution in [0, 0.1) is 19.7 Å². The van der Waals surface area contributed by atoms with Crippen molar-refractivity contribution in [3.05, 3.63) is 69.4 Å². The summed E-state index contributed by atoms with van der Waals surface area (Å²) in [6, 6.07) is 11.4. The summed E-state index contributed by atoms with van der Waals surface area (Å²) >= 11 is 7.35. The molecule has 122 valence electrons. The van der Waals surface area contributed by atoms with E-state index < -0.39 is 0 Å². The van der Waals surface area contributed by atoms with Gasteiger partial charge in [0.15, 0.2) is 0 Å². The zero-order valence-corrected chi connectivity index (χ0v) is 14.6. The Morgan fingerprint density at radius 2 is 1.88 bits per heavy atom. The summed E-state index contributed by atoms with van der Waals surface area (Å²) in [7, 11) is 0. The second kappa shape index (κ2) is 6.71. The van der Waals surface area contributed by atoms with Gasteiger partial charge in [0, 0.05) is 16.3 Å². The van der Waals surface area contributed by atoms with Gasteiger partial charge < -0.3 is 5.32 Å². The third-order valence-electron chi connectivity index (χ3n) is 3.52. The Bertz CT molecular complexity index is 906. The fourth-order valence-corrected chi connectivity index (χ4v) is 3.33. The van der Waals surface area contributed by atoms with Crippen LogP contribution in [-0.2, 0) is 0 Å². The molecule has 0 saturated carbocycles. The summed E-state index contributed by atoms with van der Waals surface area (Å²) in [5.41, 5.74) is 2.99. The van der Waals surface area contributed by atoms with E-state index in [2.05, 4.69) is 10.3 Å². The molecule has 3 nitrogen and oxygen atoms in total. The lowest BCUT2D eigenvalue weighted by Gasteiger charge is -2.05. The Hall–Kier alpha value is -2.24. The normalized spacial score (nSPS) is 10.7. The number of rotatable bonds is 3. The third-order valence-corrected chi connectivity index (χ3v) is 5.14. The summed E-state index contributed by atoms with van der Waals surface area (Å²) in [4.78, 5) is 17.4. The molecule has 0 aliphatic rings. The number of benzene rings is 2. The molecule has 0 atom stereocenters. The quantitative estimate of drug-likeness (QED) is 0.672. The van der Waals surface area contributed by atoms with Crippen LogP contribution in [0.3, 0.4) is 0 Å². The monoisotopic (exact) mass is 360 g/mol. The average Bonchev–Trinajstić information content (AvgIpc) is 2.93. The van der Waals surface area contributed by atoms with Crippen LogP contribution in [0.5, 0.6) is 0 Å². The second-order valence-electron chi connectivity index (χ2n) is 5.36. The predicted molar refractivity (Wildman–Crippen MR) is 96.4 cm³/mol. The minimum absolute atomic E-state index is 0.238. The second-order valence-corrected chi connectivity index (χ2v) is 6.76. The van der Waals surface area contributed by atoms with Crippen molar-refractivity contribution in [2.45, 2.75) is 13.8 Å². The first kappa shape index (κ1) is 16.6. The summed E-state index contributed by atoms with van der Waals surface area (Å²) in [6.45, 7) is 3.68. The van der Waals surface area contributed by atoms with Crippen molar-refractivity contribution >= 4 is 34.5 Å². The number of aryl methyl sites for hydroxylation is 2. The average molecular weight is 361 g/mol. The zero-order chi connectivity index (χ0) is 17.3. The molecule has 0 radical (unpaired) electrons. The van der Waals surface area contributed by atoms with Crippen LogP contribution in [0.25, 0.3) is 10.6 Å². The molecule has 0 spiro atoms. The number of amides is 1. The molecular formula is C18H14ClFN2OS. The lowest BCUT2D eigenvalue weighted by molar-refractivity contribution is 0.103. The summed E-state index contributed by atoms with van der Waals surface area (Å²) in [6.07, 6.45) is 0. The van der Waals surface area contributed by atoms with Gasteiger partial charge in [-0.25, -0.2) is 9.37 Å². The molecule has 1 heterocycles. The summed E-state index contributed by atoms with van der Waals surface area (Å²) in [5.74, 6) is -0.542. The molecule has 3 aromatic rings. The summed E-state index contributed by atoms with van der Waals surface area (Å²) < 4.78 is 13.0. The van der Waals surface area contributed by atoms with Crippen LogP contribution >= 0.6 is 22.9 Å². The highest BCUT2D eigenvalue weighted by atomic mass is 35.5. The van der Waals surface area contributed by atoms with E-state index in [1.165, 1.54) is 23.5 Å². The molecule has 1 N–H and O–H groups in total. The smallest absolute Gasteiger partial charge is 0.267 e. The highest BCUT2D eigenvalue weighted by molar-refractivity contribution is 7.17. The number of hydrogen-bond donors (Lipinski definition) is 1. The number of nitrogens with one attached hydrogen (secondary N) is 1. The highest BCUT2D eigenvalue weighted by Gasteiger charge is 2.16. The van der Waals surface area contributed by atoms with Crippen molar-refractivity contribution in [3.63, 3.8) is 0 Å². The number of thiazole rings is 1. The van der Waals surface area contributed by atoms with Gasteiger partial charge >= 0.3 is 0 Å². The number of halogens is 2. The van der Waals surface area contributed by atoms with E-state index in [-0.39, 0.29) is 11.7 Å². The fourth-order valence-electron chi connectivity index (χ4n) is 2.18. The summed E-state index contributed by atoms with van der Waals surface area (Å²) in [5, 5.41) is 4.11. The lowest BCUT2D eigenvalue weighted by atomic mass is 10.2. The molecule has 0 bridgehead atoms. The Morgan fingerprint density at radius 1 is 1.17 bits per heavy atom. The van der Waals surface area contributed by atoms with Crippen molar-refractivity contribution in [2.75, 3.05) is 5.32 Å². The first-order valence-electron chi connectivity index (χ1n) is 7.25. The largest absolute Gasteiger partial charge is 0.321 e. The van der Waals surface area contributed by atoms with Crippen LogP contribution in [0.15, 0.2) is 42.5 Å². The number of aromatic nitrogens is 1. The van der Waals surface area contributed by atoms with Crippen molar-refractivity contribution in [3.8, 4) is 10.6 Å². The standard InChI is InChI=1S/C18H14ClFN2OS/c1-10-3-8-14(9-15(10)19)22-17(23)16-11(2)21-18(24-16)12-4-6-13(20)7-5-12/h3-9H,1-2H3,(H,22,23). The van der Waals surface area contributed by atoms with Gasteiger partial charge in [0.25, 0.3) is 5.91 Å². The minimum atomic E-state index is -0.304. The van der Waals surface area contributed by atoms with Crippen LogP contribution in [-0.4, -0.2) is 10.9 Å². The number of carbonyl (C=O) groups is 1. The van der Waals surface area contributed by atoms with E-state index >= 15 is 0 Å². The maximum atomic E-state index is 13.0. The highest BCUT2D eigenvalue weighted by Crippen LogP contribution is 2.29. The Kier molecular flexibility index (Phi) is 4.64. The topological polar surface area (TPSA) is 42.0 Å². The van der Waals surface area contributed by atoms with E-state index in [1.54, 1.807) is 31.2 Å². The van der Waals surface area contributed by atoms with Gasteiger partial charge in [-0.2, -0.15) is 0 Å². The first-order chi connectivity index (χ1) is 11.4. The van der Waals surface area contributed by atoms with Gasteiger partial charge in [-0.05, 0) is 55.8 Å². The molecule has 1 amide bonds. The number of carbonyl (C=O) groups excluding carboxylic acids is 1. The maximum Gasteiger partial charge on any atom is 0.267 e. The molecule has 3 rings (SSSR count). The van der Waals surface area contributed by atoms with E-state index in [0.717, 1.165) is 11.1 Å². The molecule has 1 aromatic heterocycles. The van der Waals surface area contributed by atoms with Gasteiger partial charge in [0.1, 0.15) is 15.7 Å². The van der Waals surface area contributed by atoms with Crippen LogP contribution < -0.4 is 5.32 Å². The zero-order valence-electron chi connectivity index (χ0n) is 13.1. The number of hydrogen-bond acceptors (Lipinski definition) is 3. The fraction of sp³-hybridized carbons (Fsp3) is 0.111. The molecule has 0 unspecified atom stereocenters. The molecule has 24 heavy (non-hydrogen) atoms. The predicted octanol–water partition coefficient (Wildman–Crippen LogP) is 5.47. The Labute approximate surface area is 148 Å². The van der Waals surface area contributed by atoms with Crippen LogP contribution in [0.1, 0.15) is 20.9 Å². The molecule has 0 fully saturated rings. The Morgan fingerprint density at radius 3 is 2.54 bits per heavy atom. The van der Waals surface area contributed by atoms with Crippen molar-refractivity contribution in [2.24, 2.45) is 0 Å². The van der Waals surface area contributed by atoms with Crippen molar-refractivity contribution < 1.29 is 9.18 Å². The Balaban J connectivity index is 1.85. The molecule has 0 aliphatic carbocycles. The molecule has 2 aromatic carbocycles. The van der Waals surface area contributed by atoms with Gasteiger partial charge in [-0.3, -0.25) is 4.79 Å². The molecule has 6 heteroatoms. The molecule has 0 aliphatic heterocycles. The van der Waals surface area contributed by atoms with Crippen molar-refractivity contribution in [1.82, 2.24) is 4.98 Å². The van der Waals surface area contributed by atoms with E-state index in [9.17, 15) is 9.18 Å². The first-order valence-corrected chi connectivity index (χ1v) is 8.44. The van der Waals surface area contributed by atoms with Gasteiger partial charge in [-0.1, -0.05) is 17.7 Å². The number of nitrogens with zero attached hydrogens (tertiary/aromatic N) is 1. The van der Waals surface area contributed by atoms with Gasteiger partial charge in [-0.15, -0.1) is 11.3 Å². The molecule has 0 saturated heterocycles. The molecular weight excluding hydrogens is 347 g/mol.